The lowest BCUT2D eigenvalue weighted by atomic mass is 10.3. The van der Waals surface area contributed by atoms with Crippen molar-refractivity contribution in [3.05, 3.63) is 18.5 Å². The second-order valence-corrected chi connectivity index (χ2v) is 6.56. The lowest BCUT2D eigenvalue weighted by molar-refractivity contribution is 0.122. The average Bonchev–Trinajstić information content (AvgIpc) is 2.79. The van der Waals surface area contributed by atoms with E-state index in [1.165, 1.54) is 0 Å². The van der Waals surface area contributed by atoms with E-state index in [0.29, 0.717) is 17.7 Å². The van der Waals surface area contributed by atoms with Gasteiger partial charge < -0.3 is 28.9 Å². The lowest BCUT2D eigenvalue weighted by Crippen LogP contribution is -2.47. The summed E-state index contributed by atoms with van der Waals surface area (Å²) in [6, 6.07) is 3.74. The number of hydrogen-bond donors (Lipinski definition) is 0. The Morgan fingerprint density at radius 3 is 1.86 bits per heavy atom. The molecular weight excluding hydrogens is 362 g/mol. The number of ether oxygens (including phenoxy) is 3. The van der Waals surface area contributed by atoms with Gasteiger partial charge in [-0.2, -0.15) is 9.97 Å². The van der Waals surface area contributed by atoms with Crippen LogP contribution >= 0.6 is 0 Å². The number of aromatic nitrogens is 4. The molecule has 10 heteroatoms. The van der Waals surface area contributed by atoms with Gasteiger partial charge >= 0.3 is 0 Å². The average molecular weight is 387 g/mol. The standard InChI is InChI=1S/C18H25N7O3/c1-26-16-12-17(27-2)22-18(21-16)25-5-3-23(4-6-25)14-11-15(20-13-19-14)24-7-9-28-10-8-24/h11-13H,3-10H2,1-2H3. The molecule has 2 aliphatic heterocycles. The molecule has 10 nitrogen and oxygen atoms in total. The van der Waals surface area contributed by atoms with Gasteiger partial charge in [-0.15, -0.1) is 0 Å². The molecule has 0 radical (unpaired) electrons. The van der Waals surface area contributed by atoms with Gasteiger partial charge in [-0.1, -0.05) is 0 Å². The van der Waals surface area contributed by atoms with Crippen molar-refractivity contribution >= 4 is 17.6 Å². The molecule has 2 aliphatic rings. The first kappa shape index (κ1) is 18.5. The molecule has 4 rings (SSSR count). The zero-order chi connectivity index (χ0) is 19.3. The third-order valence-electron chi connectivity index (χ3n) is 4.95. The van der Waals surface area contributed by atoms with E-state index in [4.69, 9.17) is 14.2 Å². The molecule has 2 fully saturated rings. The molecule has 0 N–H and O–H groups in total. The number of anilines is 3. The highest BCUT2D eigenvalue weighted by Gasteiger charge is 2.22. The highest BCUT2D eigenvalue weighted by Crippen LogP contribution is 2.23. The van der Waals surface area contributed by atoms with Gasteiger partial charge in [-0.25, -0.2) is 9.97 Å². The fourth-order valence-corrected chi connectivity index (χ4v) is 3.35. The van der Waals surface area contributed by atoms with Crippen molar-refractivity contribution in [2.45, 2.75) is 0 Å². The molecule has 0 aromatic carbocycles. The van der Waals surface area contributed by atoms with E-state index in [9.17, 15) is 0 Å². The summed E-state index contributed by atoms with van der Waals surface area (Å²) < 4.78 is 15.9. The third-order valence-corrected chi connectivity index (χ3v) is 4.95. The largest absolute Gasteiger partial charge is 0.481 e. The Morgan fingerprint density at radius 2 is 1.29 bits per heavy atom. The molecule has 0 unspecified atom stereocenters. The van der Waals surface area contributed by atoms with Crippen LogP contribution in [0.1, 0.15) is 0 Å². The smallest absolute Gasteiger partial charge is 0.232 e. The number of nitrogens with zero attached hydrogens (tertiary/aromatic N) is 7. The Kier molecular flexibility index (Phi) is 5.56. The van der Waals surface area contributed by atoms with Crippen LogP contribution in [0.4, 0.5) is 17.6 Å². The molecule has 0 spiro atoms. The van der Waals surface area contributed by atoms with Crippen molar-refractivity contribution in [1.29, 1.82) is 0 Å². The van der Waals surface area contributed by atoms with Crippen LogP contribution in [0.2, 0.25) is 0 Å². The summed E-state index contributed by atoms with van der Waals surface area (Å²) >= 11 is 0. The van der Waals surface area contributed by atoms with Gasteiger partial charge in [0.2, 0.25) is 17.7 Å². The van der Waals surface area contributed by atoms with Crippen LogP contribution in [0.3, 0.4) is 0 Å². The molecule has 2 saturated heterocycles. The first-order chi connectivity index (χ1) is 13.8. The molecular formula is C18H25N7O3. The number of hydrogen-bond acceptors (Lipinski definition) is 10. The summed E-state index contributed by atoms with van der Waals surface area (Å²) in [6.07, 6.45) is 1.64. The highest BCUT2D eigenvalue weighted by molar-refractivity contribution is 5.51. The topological polar surface area (TPSA) is 89.0 Å². The molecule has 0 atom stereocenters. The minimum atomic E-state index is 0.496. The van der Waals surface area contributed by atoms with Crippen LogP contribution in [0, 0.1) is 0 Å². The van der Waals surface area contributed by atoms with Crippen LogP contribution in [0.15, 0.2) is 18.5 Å². The summed E-state index contributed by atoms with van der Waals surface area (Å²) in [7, 11) is 3.18. The van der Waals surface area contributed by atoms with Gasteiger partial charge in [-0.05, 0) is 0 Å². The molecule has 0 bridgehead atoms. The molecule has 0 saturated carbocycles. The van der Waals surface area contributed by atoms with Crippen LogP contribution < -0.4 is 24.2 Å². The molecule has 2 aromatic rings. The second-order valence-electron chi connectivity index (χ2n) is 6.56. The van der Waals surface area contributed by atoms with Gasteiger partial charge in [0.15, 0.2) is 0 Å². The quantitative estimate of drug-likeness (QED) is 0.720. The van der Waals surface area contributed by atoms with Gasteiger partial charge in [0.1, 0.15) is 18.0 Å². The van der Waals surface area contributed by atoms with Crippen molar-refractivity contribution in [2.24, 2.45) is 0 Å². The minimum Gasteiger partial charge on any atom is -0.481 e. The summed E-state index contributed by atoms with van der Waals surface area (Å²) in [5.41, 5.74) is 0. The molecule has 2 aromatic heterocycles. The summed E-state index contributed by atoms with van der Waals surface area (Å²) in [5.74, 6) is 3.51. The zero-order valence-corrected chi connectivity index (χ0v) is 16.2. The van der Waals surface area contributed by atoms with Gasteiger partial charge in [-0.3, -0.25) is 0 Å². The van der Waals surface area contributed by atoms with E-state index >= 15 is 0 Å². The number of rotatable bonds is 5. The summed E-state index contributed by atoms with van der Waals surface area (Å²) in [6.45, 7) is 6.41. The van der Waals surface area contributed by atoms with Crippen LogP contribution in [0.5, 0.6) is 11.8 Å². The Hall–Kier alpha value is -2.88. The van der Waals surface area contributed by atoms with E-state index in [1.54, 1.807) is 26.6 Å². The van der Waals surface area contributed by atoms with Crippen molar-refractivity contribution in [3.63, 3.8) is 0 Å². The molecule has 0 amide bonds. The Balaban J connectivity index is 1.43. The monoisotopic (exact) mass is 387 g/mol. The Morgan fingerprint density at radius 1 is 0.750 bits per heavy atom. The van der Waals surface area contributed by atoms with E-state index in [-0.39, 0.29) is 0 Å². The van der Waals surface area contributed by atoms with Crippen molar-refractivity contribution < 1.29 is 14.2 Å². The molecule has 28 heavy (non-hydrogen) atoms. The van der Waals surface area contributed by atoms with E-state index in [2.05, 4.69) is 40.7 Å². The first-order valence-electron chi connectivity index (χ1n) is 9.38. The van der Waals surface area contributed by atoms with E-state index in [1.807, 2.05) is 0 Å². The van der Waals surface area contributed by atoms with Crippen molar-refractivity contribution in [1.82, 2.24) is 19.9 Å². The first-order valence-corrected chi connectivity index (χ1v) is 9.38. The van der Waals surface area contributed by atoms with Gasteiger partial charge in [0.25, 0.3) is 0 Å². The van der Waals surface area contributed by atoms with Crippen LogP contribution in [0.25, 0.3) is 0 Å². The molecule has 4 heterocycles. The highest BCUT2D eigenvalue weighted by atomic mass is 16.5. The summed E-state index contributed by atoms with van der Waals surface area (Å²) in [4.78, 5) is 24.4. The Labute approximate surface area is 164 Å². The van der Waals surface area contributed by atoms with Crippen molar-refractivity contribution in [2.75, 3.05) is 81.4 Å². The van der Waals surface area contributed by atoms with Crippen molar-refractivity contribution in [3.8, 4) is 11.8 Å². The van der Waals surface area contributed by atoms with Gasteiger partial charge in [0, 0.05) is 45.3 Å². The second kappa shape index (κ2) is 8.42. The minimum absolute atomic E-state index is 0.496. The fraction of sp³-hybridized carbons (Fsp3) is 0.556. The normalized spacial score (nSPS) is 17.6. The van der Waals surface area contributed by atoms with E-state index in [0.717, 1.165) is 64.1 Å². The summed E-state index contributed by atoms with van der Waals surface area (Å²) in [5, 5.41) is 0. The SMILES string of the molecule is COc1cc(OC)nc(N2CCN(c3cc(N4CCOCC4)ncn3)CC2)n1. The lowest BCUT2D eigenvalue weighted by Gasteiger charge is -2.36. The predicted molar refractivity (Wildman–Crippen MR) is 105 cm³/mol. The van der Waals surface area contributed by atoms with Crippen LogP contribution in [-0.2, 0) is 4.74 Å². The van der Waals surface area contributed by atoms with Gasteiger partial charge in [0.05, 0.1) is 33.5 Å². The Bertz CT molecular complexity index is 770. The molecule has 0 aliphatic carbocycles. The van der Waals surface area contributed by atoms with E-state index < -0.39 is 0 Å². The zero-order valence-electron chi connectivity index (χ0n) is 16.2. The molecule has 150 valence electrons. The third kappa shape index (κ3) is 4.01. The predicted octanol–water partition coefficient (Wildman–Crippen LogP) is 0.447. The maximum atomic E-state index is 5.42. The number of morpholine rings is 1. The van der Waals surface area contributed by atoms with Crippen LogP contribution in [-0.4, -0.2) is 86.6 Å². The maximum Gasteiger partial charge on any atom is 0.232 e. The fourth-order valence-electron chi connectivity index (χ4n) is 3.35. The maximum absolute atomic E-state index is 5.42. The number of methoxy groups -OCH3 is 2. The number of piperazine rings is 1.